The first-order valence-corrected chi connectivity index (χ1v) is 8.24. The number of allylic oxidation sites excluding steroid dienone is 1. The van der Waals surface area contributed by atoms with Gasteiger partial charge in [0.15, 0.2) is 0 Å². The predicted molar refractivity (Wildman–Crippen MR) is 101 cm³/mol. The molecule has 0 saturated carbocycles. The number of hydrogen-bond donors (Lipinski definition) is 1. The van der Waals surface area contributed by atoms with Crippen molar-refractivity contribution in [2.75, 3.05) is 6.61 Å². The topological polar surface area (TPSA) is 70.3 Å². The highest BCUT2D eigenvalue weighted by Crippen LogP contribution is 2.30. The maximum absolute atomic E-state index is 11.7. The summed E-state index contributed by atoms with van der Waals surface area (Å²) in [4.78, 5) is 11.7. The zero-order valence-electron chi connectivity index (χ0n) is 14.3. The molecule has 0 heterocycles. The number of ether oxygens (including phenoxy) is 1. The van der Waals surface area contributed by atoms with Crippen molar-refractivity contribution in [3.05, 3.63) is 78.1 Å². The van der Waals surface area contributed by atoms with E-state index < -0.39 is 11.7 Å². The van der Waals surface area contributed by atoms with Gasteiger partial charge in [0.1, 0.15) is 11.6 Å². The minimum Gasteiger partial charge on any atom is -0.501 e. The van der Waals surface area contributed by atoms with E-state index in [2.05, 4.69) is 18.2 Å². The summed E-state index contributed by atoms with van der Waals surface area (Å²) >= 11 is 0. The smallest absolute Gasteiger partial charge is 0.374 e. The van der Waals surface area contributed by atoms with Gasteiger partial charge in [-0.1, -0.05) is 66.7 Å². The number of aliphatic hydroxyl groups is 1. The van der Waals surface area contributed by atoms with E-state index in [0.717, 1.165) is 21.9 Å². The quantitative estimate of drug-likeness (QED) is 0.318. The van der Waals surface area contributed by atoms with Crippen LogP contribution in [-0.2, 0) is 9.53 Å². The van der Waals surface area contributed by atoms with Gasteiger partial charge < -0.3 is 9.84 Å². The molecule has 3 aromatic rings. The van der Waals surface area contributed by atoms with E-state index in [1.807, 2.05) is 42.5 Å². The largest absolute Gasteiger partial charge is 0.501 e. The molecule has 0 saturated heterocycles. The molecule has 4 nitrogen and oxygen atoms in total. The maximum Gasteiger partial charge on any atom is 0.374 e. The fourth-order valence-corrected chi connectivity index (χ4v) is 2.85. The molecule has 0 aliphatic rings. The molecule has 0 radical (unpaired) electrons. The van der Waals surface area contributed by atoms with Crippen LogP contribution in [0.1, 0.15) is 12.5 Å². The third-order valence-corrected chi connectivity index (χ3v) is 4.09. The minimum absolute atomic E-state index is 0.104. The summed E-state index contributed by atoms with van der Waals surface area (Å²) in [7, 11) is 0. The number of rotatable bonds is 4. The third kappa shape index (κ3) is 3.28. The van der Waals surface area contributed by atoms with Gasteiger partial charge in [-0.15, -0.1) is 0 Å². The lowest BCUT2D eigenvalue weighted by molar-refractivity contribution is -0.141. The number of fused-ring (bicyclic) bond motifs is 1. The van der Waals surface area contributed by atoms with Gasteiger partial charge in [0, 0.05) is 0 Å². The summed E-state index contributed by atoms with van der Waals surface area (Å²) in [5.74, 6) is -1.57. The second kappa shape index (κ2) is 7.54. The Morgan fingerprint density at radius 3 is 2.42 bits per heavy atom. The van der Waals surface area contributed by atoms with Gasteiger partial charge in [-0.2, -0.15) is 5.26 Å². The number of nitriles is 1. The number of carbonyl (C=O) groups excluding carboxylic acids is 1. The van der Waals surface area contributed by atoms with Crippen LogP contribution in [0.4, 0.5) is 0 Å². The van der Waals surface area contributed by atoms with Crippen LogP contribution in [0.25, 0.3) is 27.5 Å². The van der Waals surface area contributed by atoms with Gasteiger partial charge in [-0.25, -0.2) is 4.79 Å². The summed E-state index contributed by atoms with van der Waals surface area (Å²) in [6, 6.07) is 23.2. The van der Waals surface area contributed by atoms with Crippen LogP contribution in [0.3, 0.4) is 0 Å². The van der Waals surface area contributed by atoms with Gasteiger partial charge in [-0.05, 0) is 34.4 Å². The highest BCUT2D eigenvalue weighted by Gasteiger charge is 2.17. The van der Waals surface area contributed by atoms with E-state index in [-0.39, 0.29) is 12.2 Å². The summed E-state index contributed by atoms with van der Waals surface area (Å²) in [5, 5.41) is 21.6. The van der Waals surface area contributed by atoms with Gasteiger partial charge >= 0.3 is 5.97 Å². The fourth-order valence-electron chi connectivity index (χ4n) is 2.85. The second-order valence-corrected chi connectivity index (χ2v) is 5.66. The Morgan fingerprint density at radius 2 is 1.73 bits per heavy atom. The fraction of sp³-hybridized carbons (Fsp3) is 0.0909. The molecule has 0 atom stereocenters. The van der Waals surface area contributed by atoms with E-state index in [1.165, 1.54) is 0 Å². The average Bonchev–Trinajstić information content (AvgIpc) is 2.69. The molecule has 0 bridgehead atoms. The standard InChI is InChI=1S/C22H17NO3/c1-2-26-22(25)21(24)20(14-23)17-12-10-16(11-13-17)19-9-5-7-15-6-3-4-8-18(15)19/h3-13,24H,2H2,1H3. The summed E-state index contributed by atoms with van der Waals surface area (Å²) in [6.07, 6.45) is 0. The first-order chi connectivity index (χ1) is 12.7. The van der Waals surface area contributed by atoms with Crippen molar-refractivity contribution in [3.8, 4) is 17.2 Å². The molecule has 3 rings (SSSR count). The first-order valence-electron chi connectivity index (χ1n) is 8.24. The number of hydrogen-bond acceptors (Lipinski definition) is 4. The maximum atomic E-state index is 11.7. The number of benzene rings is 3. The molecular formula is C22H17NO3. The zero-order valence-corrected chi connectivity index (χ0v) is 14.3. The van der Waals surface area contributed by atoms with Gasteiger partial charge in [0.05, 0.1) is 6.61 Å². The average molecular weight is 343 g/mol. The van der Waals surface area contributed by atoms with Crippen LogP contribution in [0.15, 0.2) is 72.5 Å². The lowest BCUT2D eigenvalue weighted by Gasteiger charge is -2.08. The van der Waals surface area contributed by atoms with E-state index >= 15 is 0 Å². The van der Waals surface area contributed by atoms with Crippen molar-refractivity contribution in [3.63, 3.8) is 0 Å². The molecule has 4 heteroatoms. The summed E-state index contributed by atoms with van der Waals surface area (Å²) < 4.78 is 4.75. The predicted octanol–water partition coefficient (Wildman–Crippen LogP) is 4.86. The summed E-state index contributed by atoms with van der Waals surface area (Å²) in [6.45, 7) is 1.76. The first kappa shape index (κ1) is 17.2. The highest BCUT2D eigenvalue weighted by molar-refractivity contribution is 6.00. The number of aliphatic hydroxyl groups excluding tert-OH is 1. The van der Waals surface area contributed by atoms with E-state index in [0.29, 0.717) is 5.56 Å². The summed E-state index contributed by atoms with van der Waals surface area (Å²) in [5.41, 5.74) is 2.42. The molecule has 0 fully saturated rings. The SMILES string of the molecule is CCOC(=O)C(O)=C(C#N)c1ccc(-c2cccc3ccccc23)cc1. The van der Waals surface area contributed by atoms with E-state index in [9.17, 15) is 15.2 Å². The lowest BCUT2D eigenvalue weighted by Crippen LogP contribution is -2.09. The van der Waals surface area contributed by atoms with Crippen LogP contribution in [0.2, 0.25) is 0 Å². The molecule has 0 amide bonds. The highest BCUT2D eigenvalue weighted by atomic mass is 16.5. The van der Waals surface area contributed by atoms with Crippen LogP contribution < -0.4 is 0 Å². The molecule has 0 aliphatic carbocycles. The van der Waals surface area contributed by atoms with Crippen LogP contribution in [0.5, 0.6) is 0 Å². The molecule has 26 heavy (non-hydrogen) atoms. The monoisotopic (exact) mass is 343 g/mol. The van der Waals surface area contributed by atoms with Crippen LogP contribution in [-0.4, -0.2) is 17.7 Å². The zero-order chi connectivity index (χ0) is 18.5. The molecule has 128 valence electrons. The van der Waals surface area contributed by atoms with Gasteiger partial charge in [-0.3, -0.25) is 0 Å². The van der Waals surface area contributed by atoms with Crippen molar-refractivity contribution >= 4 is 22.3 Å². The molecule has 3 aromatic carbocycles. The van der Waals surface area contributed by atoms with Crippen LogP contribution in [0, 0.1) is 11.3 Å². The lowest BCUT2D eigenvalue weighted by atomic mass is 9.96. The number of esters is 1. The molecular weight excluding hydrogens is 326 g/mol. The normalized spacial score (nSPS) is 11.5. The molecule has 1 N–H and O–H groups in total. The Balaban J connectivity index is 2.02. The second-order valence-electron chi connectivity index (χ2n) is 5.66. The molecule has 0 spiro atoms. The number of carbonyl (C=O) groups is 1. The van der Waals surface area contributed by atoms with Crippen molar-refractivity contribution < 1.29 is 14.6 Å². The Morgan fingerprint density at radius 1 is 1.04 bits per heavy atom. The van der Waals surface area contributed by atoms with Crippen molar-refractivity contribution in [2.24, 2.45) is 0 Å². The van der Waals surface area contributed by atoms with Crippen molar-refractivity contribution in [1.82, 2.24) is 0 Å². The van der Waals surface area contributed by atoms with Gasteiger partial charge in [0.2, 0.25) is 5.76 Å². The van der Waals surface area contributed by atoms with E-state index in [1.54, 1.807) is 19.1 Å². The van der Waals surface area contributed by atoms with E-state index in [4.69, 9.17) is 4.74 Å². The van der Waals surface area contributed by atoms with Crippen LogP contribution >= 0.6 is 0 Å². The minimum atomic E-state index is -0.901. The van der Waals surface area contributed by atoms with Gasteiger partial charge in [0.25, 0.3) is 0 Å². The number of nitrogens with zero attached hydrogens (tertiary/aromatic N) is 1. The Labute approximate surface area is 151 Å². The Bertz CT molecular complexity index is 1020. The van der Waals surface area contributed by atoms with Crippen molar-refractivity contribution in [2.45, 2.75) is 6.92 Å². The molecule has 0 unspecified atom stereocenters. The third-order valence-electron chi connectivity index (χ3n) is 4.09. The Kier molecular flexibility index (Phi) is 5.00. The van der Waals surface area contributed by atoms with Crippen molar-refractivity contribution in [1.29, 1.82) is 5.26 Å². The Hall–Kier alpha value is -3.58. The molecule has 0 aliphatic heterocycles. The molecule has 0 aromatic heterocycles.